The van der Waals surface area contributed by atoms with Gasteiger partial charge in [0.2, 0.25) is 5.91 Å². The smallest absolute Gasteiger partial charge is 0.303 e. The van der Waals surface area contributed by atoms with E-state index < -0.39 is 12.3 Å². The SMILES string of the molecule is O=C(O)CCCCCC(=O)NCc1ccccc1-c1ccc([C@H]2O[C@@H](Cn3cnc(Cl)c3Cl)C[C@@H](c3ccc(CO)cc3)O2)cc1. The summed E-state index contributed by atoms with van der Waals surface area (Å²) in [6.07, 6.45) is 3.48. The molecule has 5 rings (SSSR count). The van der Waals surface area contributed by atoms with Crippen LogP contribution in [0.1, 0.15) is 73.2 Å². The zero-order valence-corrected chi connectivity index (χ0v) is 26.8. The van der Waals surface area contributed by atoms with E-state index >= 15 is 0 Å². The second kappa shape index (κ2) is 16.2. The number of carboxylic acids is 1. The van der Waals surface area contributed by atoms with Gasteiger partial charge in [-0.1, -0.05) is 102 Å². The van der Waals surface area contributed by atoms with Crippen molar-refractivity contribution in [1.29, 1.82) is 0 Å². The Labute approximate surface area is 278 Å². The van der Waals surface area contributed by atoms with Crippen LogP contribution in [0.5, 0.6) is 0 Å². The predicted octanol–water partition coefficient (Wildman–Crippen LogP) is 7.25. The number of unbranched alkanes of at least 4 members (excludes halogenated alkanes) is 2. The first kappa shape index (κ1) is 33.6. The third-order valence-electron chi connectivity index (χ3n) is 8.03. The van der Waals surface area contributed by atoms with Gasteiger partial charge in [0.15, 0.2) is 11.4 Å². The molecule has 0 unspecified atom stereocenters. The maximum atomic E-state index is 12.4. The van der Waals surface area contributed by atoms with E-state index in [0.29, 0.717) is 50.3 Å². The van der Waals surface area contributed by atoms with Gasteiger partial charge in [-0.2, -0.15) is 0 Å². The van der Waals surface area contributed by atoms with E-state index in [-0.39, 0.29) is 36.3 Å². The lowest BCUT2D eigenvalue weighted by Crippen LogP contribution is -2.32. The molecule has 0 radical (unpaired) electrons. The van der Waals surface area contributed by atoms with E-state index in [2.05, 4.69) is 10.3 Å². The monoisotopic (exact) mass is 665 g/mol. The average molecular weight is 667 g/mol. The van der Waals surface area contributed by atoms with Crippen molar-refractivity contribution in [3.63, 3.8) is 0 Å². The van der Waals surface area contributed by atoms with Crippen LogP contribution in [0.3, 0.4) is 0 Å². The summed E-state index contributed by atoms with van der Waals surface area (Å²) in [4.78, 5) is 27.2. The van der Waals surface area contributed by atoms with Gasteiger partial charge >= 0.3 is 5.97 Å². The molecule has 242 valence electrons. The number of nitrogens with zero attached hydrogens (tertiary/aromatic N) is 2. The summed E-state index contributed by atoms with van der Waals surface area (Å²) in [7, 11) is 0. The second-order valence-corrected chi connectivity index (χ2v) is 12.1. The maximum absolute atomic E-state index is 12.4. The topological polar surface area (TPSA) is 123 Å². The quantitative estimate of drug-likeness (QED) is 0.121. The number of benzene rings is 3. The molecule has 0 saturated carbocycles. The van der Waals surface area contributed by atoms with Gasteiger partial charge in [-0.05, 0) is 40.7 Å². The van der Waals surface area contributed by atoms with Gasteiger partial charge in [-0.25, -0.2) is 4.98 Å². The van der Waals surface area contributed by atoms with Gasteiger partial charge < -0.3 is 29.6 Å². The standard InChI is InChI=1S/C35H37Cl2N3O6/c36-33-34(37)40(22-39-33)20-28-18-30(25-12-10-23(21-41)11-13-25)46-35(45-28)26-16-14-24(15-17-26)29-7-5-4-6-27(29)19-38-31(42)8-2-1-3-9-32(43)44/h4-7,10-17,22,28,30,35,41H,1-3,8-9,18-21H2,(H,38,42)(H,43,44)/t28-,30+,35+/m1/s1. The van der Waals surface area contributed by atoms with Crippen LogP contribution in [-0.2, 0) is 38.8 Å². The fraction of sp³-hybridized carbons (Fsp3) is 0.343. The van der Waals surface area contributed by atoms with Crippen LogP contribution in [0, 0.1) is 0 Å². The highest BCUT2D eigenvalue weighted by Crippen LogP contribution is 2.39. The number of amides is 1. The number of carbonyl (C=O) groups is 2. The number of aliphatic hydroxyl groups excluding tert-OH is 1. The summed E-state index contributed by atoms with van der Waals surface area (Å²) in [6.45, 7) is 0.807. The van der Waals surface area contributed by atoms with Gasteiger partial charge in [0.05, 0.1) is 31.7 Å². The molecule has 1 amide bonds. The Balaban J connectivity index is 1.27. The van der Waals surface area contributed by atoms with Gasteiger partial charge in [-0.15, -0.1) is 0 Å². The molecule has 46 heavy (non-hydrogen) atoms. The first-order chi connectivity index (χ1) is 22.3. The Kier molecular flexibility index (Phi) is 11.8. The molecule has 0 spiro atoms. The van der Waals surface area contributed by atoms with Crippen molar-refractivity contribution in [2.75, 3.05) is 0 Å². The molecule has 1 aliphatic rings. The summed E-state index contributed by atoms with van der Waals surface area (Å²) in [5.41, 5.74) is 5.65. The first-order valence-electron chi connectivity index (χ1n) is 15.3. The van der Waals surface area contributed by atoms with Crippen molar-refractivity contribution < 1.29 is 29.3 Å². The highest BCUT2D eigenvalue weighted by Gasteiger charge is 2.33. The molecule has 2 heterocycles. The zero-order chi connectivity index (χ0) is 32.5. The number of nitrogens with one attached hydrogen (secondary N) is 1. The molecule has 3 aromatic carbocycles. The van der Waals surface area contributed by atoms with E-state index in [9.17, 15) is 14.7 Å². The first-order valence-corrected chi connectivity index (χ1v) is 16.1. The molecule has 3 N–H and O–H groups in total. The van der Waals surface area contributed by atoms with Crippen LogP contribution in [0.15, 0.2) is 79.1 Å². The highest BCUT2D eigenvalue weighted by atomic mass is 35.5. The summed E-state index contributed by atoms with van der Waals surface area (Å²) in [6, 6.07) is 23.7. The molecule has 0 bridgehead atoms. The number of ether oxygens (including phenoxy) is 2. The second-order valence-electron chi connectivity index (χ2n) is 11.3. The van der Waals surface area contributed by atoms with Crippen molar-refractivity contribution >= 4 is 35.1 Å². The molecule has 1 saturated heterocycles. The van der Waals surface area contributed by atoms with Crippen molar-refractivity contribution in [1.82, 2.24) is 14.9 Å². The van der Waals surface area contributed by atoms with E-state index in [1.807, 2.05) is 72.8 Å². The van der Waals surface area contributed by atoms with Crippen molar-refractivity contribution in [2.24, 2.45) is 0 Å². The number of carbonyl (C=O) groups excluding carboxylic acids is 1. The lowest BCUT2D eigenvalue weighted by molar-refractivity contribution is -0.252. The lowest BCUT2D eigenvalue weighted by Gasteiger charge is -2.36. The van der Waals surface area contributed by atoms with Crippen molar-refractivity contribution in [2.45, 2.75) is 76.7 Å². The van der Waals surface area contributed by atoms with Gasteiger partial charge in [0.1, 0.15) is 5.15 Å². The highest BCUT2D eigenvalue weighted by molar-refractivity contribution is 6.40. The fourth-order valence-electron chi connectivity index (χ4n) is 5.52. The number of hydrogen-bond acceptors (Lipinski definition) is 6. The van der Waals surface area contributed by atoms with E-state index in [4.69, 9.17) is 37.8 Å². The van der Waals surface area contributed by atoms with Gasteiger partial charge in [0, 0.05) is 31.4 Å². The number of aromatic nitrogens is 2. The van der Waals surface area contributed by atoms with E-state index in [1.54, 1.807) is 10.9 Å². The van der Waals surface area contributed by atoms with Crippen LogP contribution in [-0.4, -0.2) is 37.7 Å². The zero-order valence-electron chi connectivity index (χ0n) is 25.3. The number of carboxylic acid groups (broad SMARTS) is 1. The molecule has 1 aromatic heterocycles. The van der Waals surface area contributed by atoms with Crippen LogP contribution in [0.4, 0.5) is 0 Å². The molecular weight excluding hydrogens is 629 g/mol. The average Bonchev–Trinajstić information content (AvgIpc) is 3.39. The number of rotatable bonds is 14. The van der Waals surface area contributed by atoms with Gasteiger partial charge in [0.25, 0.3) is 0 Å². The van der Waals surface area contributed by atoms with Crippen LogP contribution < -0.4 is 5.32 Å². The fourth-order valence-corrected chi connectivity index (χ4v) is 5.83. The summed E-state index contributed by atoms with van der Waals surface area (Å²) in [5, 5.41) is 21.8. The van der Waals surface area contributed by atoms with Crippen LogP contribution >= 0.6 is 23.2 Å². The number of halogens is 2. The minimum absolute atomic E-state index is 0.0297. The Bertz CT molecular complexity index is 1610. The molecule has 4 aromatic rings. The molecular formula is C35H37Cl2N3O6. The third kappa shape index (κ3) is 8.96. The predicted molar refractivity (Wildman–Crippen MR) is 175 cm³/mol. The minimum atomic E-state index is -0.812. The Morgan fingerprint density at radius 2 is 1.63 bits per heavy atom. The summed E-state index contributed by atoms with van der Waals surface area (Å²) < 4.78 is 14.7. The van der Waals surface area contributed by atoms with Crippen molar-refractivity contribution in [3.8, 4) is 11.1 Å². The van der Waals surface area contributed by atoms with Crippen LogP contribution in [0.2, 0.25) is 10.3 Å². The van der Waals surface area contributed by atoms with E-state index in [0.717, 1.165) is 33.4 Å². The number of hydrogen-bond donors (Lipinski definition) is 3. The normalized spacial score (nSPS) is 17.9. The maximum Gasteiger partial charge on any atom is 0.303 e. The Morgan fingerprint density at radius 3 is 2.33 bits per heavy atom. The van der Waals surface area contributed by atoms with E-state index in [1.165, 1.54) is 0 Å². The van der Waals surface area contributed by atoms with Crippen molar-refractivity contribution in [3.05, 3.63) is 112 Å². The molecule has 11 heteroatoms. The summed E-state index contributed by atoms with van der Waals surface area (Å²) in [5.74, 6) is -0.866. The third-order valence-corrected chi connectivity index (χ3v) is 8.80. The number of aliphatic carboxylic acids is 1. The van der Waals surface area contributed by atoms with Gasteiger partial charge in [-0.3, -0.25) is 9.59 Å². The summed E-state index contributed by atoms with van der Waals surface area (Å²) >= 11 is 12.4. The molecule has 1 fully saturated rings. The molecule has 0 aliphatic carbocycles. The lowest BCUT2D eigenvalue weighted by atomic mass is 9.97. The minimum Gasteiger partial charge on any atom is -0.481 e. The number of aliphatic hydroxyl groups is 1. The molecule has 3 atom stereocenters. The molecule has 9 nitrogen and oxygen atoms in total. The largest absolute Gasteiger partial charge is 0.481 e. The Hall–Kier alpha value is -3.73. The number of imidazole rings is 1. The molecule has 1 aliphatic heterocycles. The van der Waals surface area contributed by atoms with Crippen LogP contribution in [0.25, 0.3) is 11.1 Å². The Morgan fingerprint density at radius 1 is 0.913 bits per heavy atom.